The van der Waals surface area contributed by atoms with Crippen molar-refractivity contribution in [3.8, 4) is 5.75 Å². The molecule has 1 saturated carbocycles. The average molecular weight is 346 g/mol. The van der Waals surface area contributed by atoms with Crippen molar-refractivity contribution in [3.05, 3.63) is 29.8 Å². The fourth-order valence-electron chi connectivity index (χ4n) is 2.51. The third kappa shape index (κ3) is 6.64. The van der Waals surface area contributed by atoms with Crippen LogP contribution in [-0.4, -0.2) is 50.1 Å². The van der Waals surface area contributed by atoms with Gasteiger partial charge in [0.25, 0.3) is 0 Å². The minimum atomic E-state index is 0.169. The monoisotopic (exact) mass is 346 g/mol. The summed E-state index contributed by atoms with van der Waals surface area (Å²) in [6, 6.07) is 8.12. The number of guanidine groups is 1. The molecule has 0 atom stereocenters. The molecule has 0 unspecified atom stereocenters. The smallest absolute Gasteiger partial charge is 0.223 e. The van der Waals surface area contributed by atoms with Crippen molar-refractivity contribution in [1.29, 1.82) is 0 Å². The van der Waals surface area contributed by atoms with Gasteiger partial charge in [0, 0.05) is 32.6 Å². The van der Waals surface area contributed by atoms with Gasteiger partial charge in [0.1, 0.15) is 5.75 Å². The summed E-state index contributed by atoms with van der Waals surface area (Å²) in [6.45, 7) is 7.43. The molecule has 0 aliphatic heterocycles. The van der Waals surface area contributed by atoms with Gasteiger partial charge in [-0.15, -0.1) is 0 Å². The van der Waals surface area contributed by atoms with E-state index < -0.39 is 0 Å². The number of hydrogen-bond donors (Lipinski definition) is 2. The number of ether oxygens (including phenoxy) is 1. The lowest BCUT2D eigenvalue weighted by atomic mass is 10.2. The zero-order valence-corrected chi connectivity index (χ0v) is 15.5. The number of nitrogens with one attached hydrogen (secondary N) is 2. The van der Waals surface area contributed by atoms with Gasteiger partial charge in [0.2, 0.25) is 5.91 Å². The van der Waals surface area contributed by atoms with Crippen molar-refractivity contribution in [3.63, 3.8) is 0 Å². The van der Waals surface area contributed by atoms with Gasteiger partial charge in [-0.25, -0.2) is 0 Å². The summed E-state index contributed by atoms with van der Waals surface area (Å²) in [5.41, 5.74) is 1.19. The standard InChI is InChI=1S/C19H30N4O2/c1-4-20-19(22-13-12-21-18(24)16-8-9-16)23(3)14-15-6-10-17(11-7-15)25-5-2/h6-7,10-11,16H,4-5,8-9,12-14H2,1-3H3,(H,20,22)(H,21,24). The van der Waals surface area contributed by atoms with Crippen LogP contribution in [0.3, 0.4) is 0 Å². The molecule has 6 nitrogen and oxygen atoms in total. The van der Waals surface area contributed by atoms with Gasteiger partial charge in [0.15, 0.2) is 5.96 Å². The van der Waals surface area contributed by atoms with Crippen LogP contribution < -0.4 is 15.4 Å². The first-order valence-electron chi connectivity index (χ1n) is 9.13. The Hall–Kier alpha value is -2.24. The average Bonchev–Trinajstić information content (AvgIpc) is 3.44. The van der Waals surface area contributed by atoms with E-state index in [-0.39, 0.29) is 11.8 Å². The number of rotatable bonds is 9. The van der Waals surface area contributed by atoms with Crippen molar-refractivity contribution in [1.82, 2.24) is 15.5 Å². The highest BCUT2D eigenvalue weighted by atomic mass is 16.5. The molecular formula is C19H30N4O2. The largest absolute Gasteiger partial charge is 0.494 e. The Labute approximate surface area is 150 Å². The van der Waals surface area contributed by atoms with Gasteiger partial charge in [-0.1, -0.05) is 12.1 Å². The molecule has 0 radical (unpaired) electrons. The van der Waals surface area contributed by atoms with Gasteiger partial charge in [0.05, 0.1) is 13.2 Å². The summed E-state index contributed by atoms with van der Waals surface area (Å²) in [6.07, 6.45) is 2.06. The van der Waals surface area contributed by atoms with Gasteiger partial charge in [-0.3, -0.25) is 9.79 Å². The van der Waals surface area contributed by atoms with Crippen LogP contribution in [-0.2, 0) is 11.3 Å². The molecule has 2 rings (SSSR count). The zero-order valence-electron chi connectivity index (χ0n) is 15.5. The van der Waals surface area contributed by atoms with Crippen molar-refractivity contribution < 1.29 is 9.53 Å². The molecule has 0 saturated heterocycles. The van der Waals surface area contributed by atoms with Gasteiger partial charge < -0.3 is 20.3 Å². The Kier molecular flexibility index (Phi) is 7.57. The van der Waals surface area contributed by atoms with E-state index >= 15 is 0 Å². The summed E-state index contributed by atoms with van der Waals surface area (Å²) < 4.78 is 5.47. The van der Waals surface area contributed by atoms with E-state index in [0.29, 0.717) is 19.7 Å². The number of nitrogens with zero attached hydrogens (tertiary/aromatic N) is 2. The number of aliphatic imine (C=N–C) groups is 1. The Morgan fingerprint density at radius 1 is 1.24 bits per heavy atom. The predicted octanol–water partition coefficient (Wildman–Crippen LogP) is 2.01. The third-order valence-electron chi connectivity index (χ3n) is 3.97. The normalized spacial score (nSPS) is 14.1. The molecule has 1 aliphatic carbocycles. The van der Waals surface area contributed by atoms with Gasteiger partial charge >= 0.3 is 0 Å². The van der Waals surface area contributed by atoms with E-state index in [4.69, 9.17) is 4.74 Å². The van der Waals surface area contributed by atoms with Gasteiger partial charge in [-0.05, 0) is 44.4 Å². The lowest BCUT2D eigenvalue weighted by Gasteiger charge is -2.22. The van der Waals surface area contributed by atoms with E-state index in [0.717, 1.165) is 37.6 Å². The Morgan fingerprint density at radius 3 is 2.56 bits per heavy atom. The maximum absolute atomic E-state index is 11.6. The number of benzene rings is 1. The Bertz CT molecular complexity index is 567. The van der Waals surface area contributed by atoms with Crippen LogP contribution in [0.15, 0.2) is 29.3 Å². The van der Waals surface area contributed by atoms with Crippen LogP contribution in [0.4, 0.5) is 0 Å². The van der Waals surface area contributed by atoms with E-state index in [2.05, 4.69) is 39.6 Å². The van der Waals surface area contributed by atoms with E-state index in [9.17, 15) is 4.79 Å². The Balaban J connectivity index is 1.83. The van der Waals surface area contributed by atoms with Crippen LogP contribution in [0.5, 0.6) is 5.75 Å². The molecule has 1 aliphatic rings. The summed E-state index contributed by atoms with van der Waals surface area (Å²) in [5, 5.41) is 6.24. The van der Waals surface area contributed by atoms with E-state index in [1.54, 1.807) is 0 Å². The van der Waals surface area contributed by atoms with Crippen LogP contribution in [0.2, 0.25) is 0 Å². The minimum Gasteiger partial charge on any atom is -0.494 e. The van der Waals surface area contributed by atoms with Crippen molar-refractivity contribution >= 4 is 11.9 Å². The maximum atomic E-state index is 11.6. The quantitative estimate of drug-likeness (QED) is 0.408. The molecular weight excluding hydrogens is 316 g/mol. The lowest BCUT2D eigenvalue weighted by Crippen LogP contribution is -2.39. The molecule has 0 spiro atoms. The van der Waals surface area contributed by atoms with E-state index in [1.165, 1.54) is 5.56 Å². The van der Waals surface area contributed by atoms with Crippen molar-refractivity contribution in [2.75, 3.05) is 33.3 Å². The number of hydrogen-bond acceptors (Lipinski definition) is 3. The van der Waals surface area contributed by atoms with Crippen LogP contribution in [0.25, 0.3) is 0 Å². The molecule has 0 heterocycles. The molecule has 1 aromatic rings. The second-order valence-corrected chi connectivity index (χ2v) is 6.23. The highest BCUT2D eigenvalue weighted by molar-refractivity contribution is 5.81. The van der Waals surface area contributed by atoms with Crippen molar-refractivity contribution in [2.24, 2.45) is 10.9 Å². The third-order valence-corrected chi connectivity index (χ3v) is 3.97. The van der Waals surface area contributed by atoms with Crippen LogP contribution in [0, 0.1) is 5.92 Å². The first-order valence-corrected chi connectivity index (χ1v) is 9.13. The summed E-state index contributed by atoms with van der Waals surface area (Å²) in [7, 11) is 2.01. The highest BCUT2D eigenvalue weighted by Gasteiger charge is 2.28. The number of carbonyl (C=O) groups is 1. The molecule has 0 aromatic heterocycles. The van der Waals surface area contributed by atoms with Crippen LogP contribution >= 0.6 is 0 Å². The summed E-state index contributed by atoms with van der Waals surface area (Å²) >= 11 is 0. The topological polar surface area (TPSA) is 66.0 Å². The molecule has 1 aromatic carbocycles. The van der Waals surface area contributed by atoms with E-state index in [1.807, 2.05) is 26.1 Å². The number of carbonyl (C=O) groups excluding carboxylic acids is 1. The number of amides is 1. The fraction of sp³-hybridized carbons (Fsp3) is 0.579. The molecule has 1 amide bonds. The molecule has 25 heavy (non-hydrogen) atoms. The molecule has 1 fully saturated rings. The predicted molar refractivity (Wildman–Crippen MR) is 101 cm³/mol. The maximum Gasteiger partial charge on any atom is 0.223 e. The minimum absolute atomic E-state index is 0.169. The SMILES string of the molecule is CCNC(=NCCNC(=O)C1CC1)N(C)Cc1ccc(OCC)cc1. The first-order chi connectivity index (χ1) is 12.1. The van der Waals surface area contributed by atoms with Crippen molar-refractivity contribution in [2.45, 2.75) is 33.2 Å². The Morgan fingerprint density at radius 2 is 1.96 bits per heavy atom. The zero-order chi connectivity index (χ0) is 18.1. The fourth-order valence-corrected chi connectivity index (χ4v) is 2.51. The second-order valence-electron chi connectivity index (χ2n) is 6.23. The summed E-state index contributed by atoms with van der Waals surface area (Å²) in [4.78, 5) is 18.3. The first kappa shape index (κ1) is 19.1. The molecule has 6 heteroatoms. The highest BCUT2D eigenvalue weighted by Crippen LogP contribution is 2.28. The second kappa shape index (κ2) is 9.91. The summed E-state index contributed by atoms with van der Waals surface area (Å²) in [5.74, 6) is 2.15. The van der Waals surface area contributed by atoms with Crippen LogP contribution in [0.1, 0.15) is 32.3 Å². The molecule has 2 N–H and O–H groups in total. The lowest BCUT2D eigenvalue weighted by molar-refractivity contribution is -0.122. The molecule has 0 bridgehead atoms. The molecule has 138 valence electrons. The van der Waals surface area contributed by atoms with Gasteiger partial charge in [-0.2, -0.15) is 0 Å².